The molecule has 1 aliphatic heterocycles. The molecule has 1 aromatic carbocycles. The van der Waals surface area contributed by atoms with Gasteiger partial charge in [-0.15, -0.1) is 0 Å². The summed E-state index contributed by atoms with van der Waals surface area (Å²) in [7, 11) is 0. The number of hydrogen-bond donors (Lipinski definition) is 2. The summed E-state index contributed by atoms with van der Waals surface area (Å²) in [5, 5.41) is 6.05. The molecule has 7 heteroatoms. The Morgan fingerprint density at radius 1 is 1.19 bits per heavy atom. The maximum atomic E-state index is 12.4. The van der Waals surface area contributed by atoms with Crippen LogP contribution in [0.25, 0.3) is 0 Å². The summed E-state index contributed by atoms with van der Waals surface area (Å²) >= 11 is 0. The molecule has 0 spiro atoms. The van der Waals surface area contributed by atoms with Gasteiger partial charge in [0.05, 0.1) is 0 Å². The number of amides is 2. The lowest BCUT2D eigenvalue weighted by atomic mass is 10.2. The standard InChI is InChI=1S/C20H25N5O2/c1-14-12-15(2)23-20(22-14)24-17-7-3-6-16(13-17)19(27)21-9-5-11-25-10-4-8-18(25)26/h3,6-7,12-13H,4-5,8-11H2,1-2H3,(H,21,27)(H,22,23,24). The maximum absolute atomic E-state index is 12.4. The fourth-order valence-corrected chi connectivity index (χ4v) is 3.16. The Hall–Kier alpha value is -2.96. The van der Waals surface area contributed by atoms with Crippen LogP contribution in [0, 0.1) is 13.8 Å². The van der Waals surface area contributed by atoms with E-state index >= 15 is 0 Å². The molecule has 1 aliphatic rings. The first kappa shape index (κ1) is 18.8. The first-order valence-electron chi connectivity index (χ1n) is 9.26. The van der Waals surface area contributed by atoms with Crippen molar-refractivity contribution >= 4 is 23.5 Å². The monoisotopic (exact) mass is 367 g/mol. The molecular formula is C20H25N5O2. The van der Waals surface area contributed by atoms with Crippen LogP contribution in [0.4, 0.5) is 11.6 Å². The number of aryl methyl sites for hydroxylation is 2. The zero-order valence-corrected chi connectivity index (χ0v) is 15.8. The van der Waals surface area contributed by atoms with E-state index in [1.54, 1.807) is 12.1 Å². The van der Waals surface area contributed by atoms with Gasteiger partial charge in [-0.05, 0) is 51.0 Å². The average molecular weight is 367 g/mol. The van der Waals surface area contributed by atoms with Crippen molar-refractivity contribution in [3.8, 4) is 0 Å². The van der Waals surface area contributed by atoms with Gasteiger partial charge in [0, 0.05) is 48.7 Å². The van der Waals surface area contributed by atoms with Crippen LogP contribution in [0.1, 0.15) is 41.0 Å². The highest BCUT2D eigenvalue weighted by Crippen LogP contribution is 2.16. The number of aromatic nitrogens is 2. The van der Waals surface area contributed by atoms with E-state index in [1.807, 2.05) is 36.9 Å². The molecule has 0 radical (unpaired) electrons. The Balaban J connectivity index is 1.53. The smallest absolute Gasteiger partial charge is 0.251 e. The lowest BCUT2D eigenvalue weighted by molar-refractivity contribution is -0.127. The molecule has 2 aromatic rings. The van der Waals surface area contributed by atoms with E-state index in [-0.39, 0.29) is 11.8 Å². The number of nitrogens with one attached hydrogen (secondary N) is 2. The molecule has 7 nitrogen and oxygen atoms in total. The number of rotatable bonds is 7. The molecule has 0 unspecified atom stereocenters. The van der Waals surface area contributed by atoms with Crippen LogP contribution < -0.4 is 10.6 Å². The average Bonchev–Trinajstić information content (AvgIpc) is 3.03. The molecule has 1 saturated heterocycles. The summed E-state index contributed by atoms with van der Waals surface area (Å²) in [6, 6.07) is 9.15. The highest BCUT2D eigenvalue weighted by molar-refractivity contribution is 5.95. The van der Waals surface area contributed by atoms with Gasteiger partial charge in [-0.1, -0.05) is 6.07 Å². The van der Waals surface area contributed by atoms with Crippen LogP contribution in [-0.2, 0) is 4.79 Å². The molecule has 0 aliphatic carbocycles. The van der Waals surface area contributed by atoms with Crippen LogP contribution in [0.3, 0.4) is 0 Å². The van der Waals surface area contributed by atoms with Gasteiger partial charge in [0.2, 0.25) is 11.9 Å². The largest absolute Gasteiger partial charge is 0.352 e. The zero-order valence-electron chi connectivity index (χ0n) is 15.8. The molecule has 1 aromatic heterocycles. The lowest BCUT2D eigenvalue weighted by Crippen LogP contribution is -2.30. The van der Waals surface area contributed by atoms with Gasteiger partial charge in [0.15, 0.2) is 0 Å². The number of carbonyl (C=O) groups excluding carboxylic acids is 2. The fraction of sp³-hybridized carbons (Fsp3) is 0.400. The van der Waals surface area contributed by atoms with Crippen molar-refractivity contribution in [3.05, 3.63) is 47.3 Å². The number of likely N-dealkylation sites (tertiary alicyclic amines) is 1. The van der Waals surface area contributed by atoms with E-state index in [4.69, 9.17) is 0 Å². The number of benzene rings is 1. The summed E-state index contributed by atoms with van der Waals surface area (Å²) in [5.74, 6) is 0.599. The third-order valence-electron chi connectivity index (χ3n) is 4.42. The first-order chi connectivity index (χ1) is 13.0. The number of anilines is 2. The molecular weight excluding hydrogens is 342 g/mol. The Morgan fingerprint density at radius 3 is 2.67 bits per heavy atom. The number of hydrogen-bond acceptors (Lipinski definition) is 5. The first-order valence-corrected chi connectivity index (χ1v) is 9.26. The summed E-state index contributed by atoms with van der Waals surface area (Å²) in [4.78, 5) is 34.5. The molecule has 142 valence electrons. The third kappa shape index (κ3) is 5.26. The quantitative estimate of drug-likeness (QED) is 0.735. The van der Waals surface area contributed by atoms with Gasteiger partial charge < -0.3 is 15.5 Å². The van der Waals surface area contributed by atoms with E-state index in [0.29, 0.717) is 31.0 Å². The van der Waals surface area contributed by atoms with E-state index in [9.17, 15) is 9.59 Å². The lowest BCUT2D eigenvalue weighted by Gasteiger charge is -2.15. The molecule has 2 amide bonds. The van der Waals surface area contributed by atoms with Crippen molar-refractivity contribution in [1.82, 2.24) is 20.2 Å². The van der Waals surface area contributed by atoms with Crippen molar-refractivity contribution in [2.45, 2.75) is 33.1 Å². The fourth-order valence-electron chi connectivity index (χ4n) is 3.16. The van der Waals surface area contributed by atoms with Gasteiger partial charge in [0.25, 0.3) is 5.91 Å². The van der Waals surface area contributed by atoms with Gasteiger partial charge >= 0.3 is 0 Å². The molecule has 1 fully saturated rings. The van der Waals surface area contributed by atoms with Crippen molar-refractivity contribution in [1.29, 1.82) is 0 Å². The molecule has 0 bridgehead atoms. The Labute approximate surface area is 159 Å². The van der Waals surface area contributed by atoms with Gasteiger partial charge in [-0.3, -0.25) is 9.59 Å². The zero-order chi connectivity index (χ0) is 19.2. The molecule has 3 rings (SSSR count). The topological polar surface area (TPSA) is 87.2 Å². The molecule has 0 atom stereocenters. The second-order valence-corrected chi connectivity index (χ2v) is 6.77. The van der Waals surface area contributed by atoms with Crippen LogP contribution in [0.15, 0.2) is 30.3 Å². The summed E-state index contributed by atoms with van der Waals surface area (Å²) in [6.45, 7) is 5.91. The Kier molecular flexibility index (Phi) is 6.01. The minimum Gasteiger partial charge on any atom is -0.352 e. The molecule has 27 heavy (non-hydrogen) atoms. The second kappa shape index (κ2) is 8.62. The molecule has 2 heterocycles. The SMILES string of the molecule is Cc1cc(C)nc(Nc2cccc(C(=O)NCCCN3CCCC3=O)c2)n1. The summed E-state index contributed by atoms with van der Waals surface area (Å²) in [5.41, 5.74) is 3.10. The highest BCUT2D eigenvalue weighted by atomic mass is 16.2. The Bertz CT molecular complexity index is 817. The molecule has 0 saturated carbocycles. The normalized spacial score (nSPS) is 13.7. The van der Waals surface area contributed by atoms with Crippen molar-refractivity contribution in [2.75, 3.05) is 25.0 Å². The van der Waals surface area contributed by atoms with Crippen LogP contribution >= 0.6 is 0 Å². The van der Waals surface area contributed by atoms with Crippen molar-refractivity contribution < 1.29 is 9.59 Å². The van der Waals surface area contributed by atoms with Gasteiger partial charge in [-0.2, -0.15) is 0 Å². The van der Waals surface area contributed by atoms with Crippen LogP contribution in [0.5, 0.6) is 0 Å². The predicted molar refractivity (Wildman–Crippen MR) is 104 cm³/mol. The number of nitrogens with zero attached hydrogens (tertiary/aromatic N) is 3. The molecule has 2 N–H and O–H groups in total. The van der Waals surface area contributed by atoms with Crippen molar-refractivity contribution in [3.63, 3.8) is 0 Å². The van der Waals surface area contributed by atoms with Gasteiger partial charge in [-0.25, -0.2) is 9.97 Å². The second-order valence-electron chi connectivity index (χ2n) is 6.77. The minimum atomic E-state index is -0.132. The van der Waals surface area contributed by atoms with Crippen molar-refractivity contribution in [2.24, 2.45) is 0 Å². The summed E-state index contributed by atoms with van der Waals surface area (Å²) in [6.07, 6.45) is 2.34. The van der Waals surface area contributed by atoms with E-state index < -0.39 is 0 Å². The number of carbonyl (C=O) groups is 2. The van der Waals surface area contributed by atoms with Gasteiger partial charge in [0.1, 0.15) is 0 Å². The highest BCUT2D eigenvalue weighted by Gasteiger charge is 2.19. The predicted octanol–water partition coefficient (Wildman–Crippen LogP) is 2.58. The van der Waals surface area contributed by atoms with E-state index in [1.165, 1.54) is 0 Å². The van der Waals surface area contributed by atoms with Crippen LogP contribution in [-0.4, -0.2) is 46.3 Å². The minimum absolute atomic E-state index is 0.132. The van der Waals surface area contributed by atoms with E-state index in [2.05, 4.69) is 20.6 Å². The van der Waals surface area contributed by atoms with E-state index in [0.717, 1.165) is 36.5 Å². The summed E-state index contributed by atoms with van der Waals surface area (Å²) < 4.78 is 0. The van der Waals surface area contributed by atoms with Crippen LogP contribution in [0.2, 0.25) is 0 Å². The third-order valence-corrected chi connectivity index (χ3v) is 4.42. The Morgan fingerprint density at radius 2 is 1.96 bits per heavy atom. The maximum Gasteiger partial charge on any atom is 0.251 e.